The van der Waals surface area contributed by atoms with Crippen molar-refractivity contribution in [3.8, 4) is 5.75 Å². The molecular formula is C25H32F2N2O6. The third-order valence-electron chi connectivity index (χ3n) is 6.37. The van der Waals surface area contributed by atoms with E-state index in [4.69, 9.17) is 14.2 Å². The van der Waals surface area contributed by atoms with E-state index in [1.165, 1.54) is 20.0 Å². The number of hydrogen-bond donors (Lipinski definition) is 1. The van der Waals surface area contributed by atoms with Gasteiger partial charge in [-0.15, -0.1) is 0 Å². The summed E-state index contributed by atoms with van der Waals surface area (Å²) in [6.07, 6.45) is 1.79. The number of likely N-dealkylation sites (tertiary alicyclic amines) is 1. The summed E-state index contributed by atoms with van der Waals surface area (Å²) < 4.78 is 41.9. The molecule has 0 aliphatic carbocycles. The number of carbonyl (C=O) groups is 3. The lowest BCUT2D eigenvalue weighted by molar-refractivity contribution is -0.144. The van der Waals surface area contributed by atoms with E-state index < -0.39 is 18.3 Å². The molecule has 0 saturated carbocycles. The quantitative estimate of drug-likeness (QED) is 0.370. The Kier molecular flexibility index (Phi) is 9.20. The van der Waals surface area contributed by atoms with Crippen LogP contribution < -0.4 is 10.1 Å². The van der Waals surface area contributed by atoms with Crippen LogP contribution in [0.4, 0.5) is 14.5 Å². The standard InChI is InChI=1S/C25H32F2N2O6/c1-15(7-9-19(30)34-13-12-29-10-4-5-11-29)6-8-17-21(28-24(31)23(26)27)20-18(14-35-25(20)32)16(2)22(17)33-3/h6,23H,4-5,7-14H2,1-3H3,(H,28,31). The van der Waals surface area contributed by atoms with E-state index in [0.717, 1.165) is 25.2 Å². The van der Waals surface area contributed by atoms with Gasteiger partial charge in [0.1, 0.15) is 19.0 Å². The van der Waals surface area contributed by atoms with Crippen LogP contribution in [0.25, 0.3) is 0 Å². The van der Waals surface area contributed by atoms with Crippen LogP contribution >= 0.6 is 0 Å². The normalized spacial score (nSPS) is 15.8. The van der Waals surface area contributed by atoms with Gasteiger partial charge in [0.05, 0.1) is 18.4 Å². The molecule has 1 fully saturated rings. The lowest BCUT2D eigenvalue weighted by Gasteiger charge is -2.19. The number of amides is 1. The van der Waals surface area contributed by atoms with Crippen LogP contribution in [0.15, 0.2) is 11.6 Å². The molecule has 2 aliphatic heterocycles. The highest BCUT2D eigenvalue weighted by Crippen LogP contribution is 2.41. The second kappa shape index (κ2) is 12.1. The summed E-state index contributed by atoms with van der Waals surface area (Å²) in [6.45, 7) is 6.77. The summed E-state index contributed by atoms with van der Waals surface area (Å²) >= 11 is 0. The van der Waals surface area contributed by atoms with Gasteiger partial charge in [0.25, 0.3) is 5.91 Å². The number of esters is 2. The molecule has 10 heteroatoms. The summed E-state index contributed by atoms with van der Waals surface area (Å²) in [5.41, 5.74) is 2.45. The monoisotopic (exact) mass is 494 g/mol. The van der Waals surface area contributed by atoms with E-state index in [9.17, 15) is 23.2 Å². The molecule has 1 N–H and O–H groups in total. The van der Waals surface area contributed by atoms with Gasteiger partial charge >= 0.3 is 18.4 Å². The number of cyclic esters (lactones) is 1. The molecule has 3 rings (SSSR count). The molecule has 1 amide bonds. The first-order valence-electron chi connectivity index (χ1n) is 11.7. The van der Waals surface area contributed by atoms with Gasteiger partial charge in [-0.25, -0.2) is 4.79 Å². The first-order valence-corrected chi connectivity index (χ1v) is 11.7. The maximum absolute atomic E-state index is 13.0. The van der Waals surface area contributed by atoms with Crippen LogP contribution in [-0.4, -0.2) is 62.5 Å². The predicted octanol–water partition coefficient (Wildman–Crippen LogP) is 3.79. The fraction of sp³-hybridized carbons (Fsp3) is 0.560. The van der Waals surface area contributed by atoms with Crippen LogP contribution in [0.3, 0.4) is 0 Å². The first kappa shape index (κ1) is 26.6. The van der Waals surface area contributed by atoms with Gasteiger partial charge in [-0.2, -0.15) is 8.78 Å². The Morgan fingerprint density at radius 1 is 1.23 bits per heavy atom. The molecule has 0 bridgehead atoms. The lowest BCUT2D eigenvalue weighted by atomic mass is 9.93. The number of halogens is 2. The fourth-order valence-electron chi connectivity index (χ4n) is 4.41. The number of nitrogens with one attached hydrogen (secondary N) is 1. The number of fused-ring (bicyclic) bond motifs is 1. The number of methoxy groups -OCH3 is 1. The SMILES string of the molecule is COc1c(C)c2c(c(NC(=O)C(F)F)c1CC=C(C)CCC(=O)OCCN1CCCC1)C(=O)OC2. The van der Waals surface area contributed by atoms with Gasteiger partial charge < -0.3 is 19.5 Å². The van der Waals surface area contributed by atoms with Crippen LogP contribution in [0, 0.1) is 6.92 Å². The van der Waals surface area contributed by atoms with Crippen molar-refractivity contribution in [1.82, 2.24) is 4.90 Å². The summed E-state index contributed by atoms with van der Waals surface area (Å²) in [4.78, 5) is 38.5. The number of rotatable bonds is 11. The number of hydrogen-bond acceptors (Lipinski definition) is 7. The van der Waals surface area contributed by atoms with E-state index in [1.54, 1.807) is 6.92 Å². The van der Waals surface area contributed by atoms with Gasteiger partial charge in [-0.3, -0.25) is 14.5 Å². The van der Waals surface area contributed by atoms with Gasteiger partial charge in [0, 0.05) is 24.1 Å². The molecule has 8 nitrogen and oxygen atoms in total. The number of nitrogens with zero attached hydrogens (tertiary/aromatic N) is 1. The van der Waals surface area contributed by atoms with E-state index in [1.807, 2.05) is 13.0 Å². The average Bonchev–Trinajstić information content (AvgIpc) is 3.48. The van der Waals surface area contributed by atoms with Crippen LogP contribution in [0.1, 0.15) is 59.7 Å². The molecule has 1 saturated heterocycles. The minimum Gasteiger partial charge on any atom is -0.496 e. The van der Waals surface area contributed by atoms with E-state index >= 15 is 0 Å². The van der Waals surface area contributed by atoms with Crippen molar-refractivity contribution in [2.45, 2.75) is 59.0 Å². The summed E-state index contributed by atoms with van der Waals surface area (Å²) in [5, 5.41) is 2.19. The molecule has 2 heterocycles. The minimum absolute atomic E-state index is 0.0249. The van der Waals surface area contributed by atoms with Gasteiger partial charge in [0.15, 0.2) is 0 Å². The van der Waals surface area contributed by atoms with Crippen molar-refractivity contribution < 1.29 is 37.4 Å². The van der Waals surface area contributed by atoms with Crippen molar-refractivity contribution in [2.24, 2.45) is 0 Å². The Balaban J connectivity index is 1.71. The zero-order valence-electron chi connectivity index (χ0n) is 20.4. The van der Waals surface area contributed by atoms with Crippen molar-refractivity contribution in [2.75, 3.05) is 38.7 Å². The minimum atomic E-state index is -3.25. The highest BCUT2D eigenvalue weighted by atomic mass is 19.3. The topological polar surface area (TPSA) is 94.2 Å². The number of alkyl halides is 2. The Hall–Kier alpha value is -3.01. The second-order valence-corrected chi connectivity index (χ2v) is 8.76. The maximum Gasteiger partial charge on any atom is 0.341 e. The zero-order valence-corrected chi connectivity index (χ0v) is 20.4. The molecular weight excluding hydrogens is 462 g/mol. The Labute approximate surface area is 203 Å². The lowest BCUT2D eigenvalue weighted by Crippen LogP contribution is -2.25. The largest absolute Gasteiger partial charge is 0.496 e. The number of anilines is 1. The number of allylic oxidation sites excluding steroid dienone is 2. The van der Waals surface area contributed by atoms with E-state index in [2.05, 4.69) is 10.2 Å². The van der Waals surface area contributed by atoms with E-state index in [0.29, 0.717) is 35.5 Å². The number of carbonyl (C=O) groups excluding carboxylic acids is 3. The third kappa shape index (κ3) is 6.56. The molecule has 0 spiro atoms. The fourth-order valence-corrected chi connectivity index (χ4v) is 4.41. The van der Waals surface area contributed by atoms with Crippen LogP contribution in [0.5, 0.6) is 5.75 Å². The highest BCUT2D eigenvalue weighted by Gasteiger charge is 2.33. The average molecular weight is 495 g/mol. The molecule has 2 aliphatic rings. The molecule has 0 aromatic heterocycles. The third-order valence-corrected chi connectivity index (χ3v) is 6.37. The van der Waals surface area contributed by atoms with Crippen LogP contribution in [-0.2, 0) is 32.1 Å². The summed E-state index contributed by atoms with van der Waals surface area (Å²) in [6, 6.07) is 0. The molecule has 35 heavy (non-hydrogen) atoms. The molecule has 1 aromatic rings. The van der Waals surface area contributed by atoms with Crippen molar-refractivity contribution in [3.05, 3.63) is 33.9 Å². The van der Waals surface area contributed by atoms with Crippen molar-refractivity contribution in [1.29, 1.82) is 0 Å². The number of benzene rings is 1. The van der Waals surface area contributed by atoms with Gasteiger partial charge in [0.2, 0.25) is 0 Å². The first-order chi connectivity index (χ1) is 16.7. The molecule has 0 radical (unpaired) electrons. The molecule has 0 unspecified atom stereocenters. The van der Waals surface area contributed by atoms with Crippen molar-refractivity contribution >= 4 is 23.5 Å². The van der Waals surface area contributed by atoms with Gasteiger partial charge in [-0.05, 0) is 58.2 Å². The van der Waals surface area contributed by atoms with Gasteiger partial charge in [-0.1, -0.05) is 11.6 Å². The summed E-state index contributed by atoms with van der Waals surface area (Å²) in [5.74, 6) is -2.10. The Morgan fingerprint density at radius 2 is 1.94 bits per heavy atom. The molecule has 192 valence electrons. The number of ether oxygens (including phenoxy) is 3. The van der Waals surface area contributed by atoms with Crippen LogP contribution in [0.2, 0.25) is 0 Å². The molecule has 0 atom stereocenters. The summed E-state index contributed by atoms with van der Waals surface area (Å²) in [7, 11) is 1.43. The second-order valence-electron chi connectivity index (χ2n) is 8.76. The van der Waals surface area contributed by atoms with E-state index in [-0.39, 0.29) is 36.7 Å². The maximum atomic E-state index is 13.0. The Morgan fingerprint density at radius 3 is 2.60 bits per heavy atom. The predicted molar refractivity (Wildman–Crippen MR) is 125 cm³/mol. The van der Waals surface area contributed by atoms with Crippen molar-refractivity contribution in [3.63, 3.8) is 0 Å². The smallest absolute Gasteiger partial charge is 0.341 e. The Bertz CT molecular complexity index is 1000. The zero-order chi connectivity index (χ0) is 25.5. The highest BCUT2D eigenvalue weighted by molar-refractivity contribution is 6.06. The molecule has 1 aromatic carbocycles.